The SMILES string of the molecule is C[C@H]1[C@H](C2CCS(=O)(=O)CC2)O[C@@H]2O[C@@]3(C)CC[C@H]4[C@H](C)CC[C@@H]1[C@@]24OO3. The molecule has 0 aromatic carbocycles. The van der Waals surface area contributed by atoms with E-state index in [0.717, 1.165) is 19.3 Å². The standard InChI is InChI=1S/C20H32O6S/c1-12-4-5-16-13(2)17(14-7-10-27(21,22)11-8-14)23-18-20(16)15(12)6-9-19(3,24-18)25-26-20/h12-18H,4-11H2,1-3H3/t12-,13-,15+,16+,17-,18-,19-,20-/m1/s1. The van der Waals surface area contributed by atoms with Crippen molar-refractivity contribution in [2.75, 3.05) is 11.5 Å². The molecule has 6 rings (SSSR count). The summed E-state index contributed by atoms with van der Waals surface area (Å²) in [6.07, 6.45) is 5.13. The maximum Gasteiger partial charge on any atom is 0.201 e. The summed E-state index contributed by atoms with van der Waals surface area (Å²) in [6, 6.07) is 0. The van der Waals surface area contributed by atoms with Crippen LogP contribution in [0.4, 0.5) is 0 Å². The lowest BCUT2D eigenvalue weighted by molar-refractivity contribution is -0.572. The predicted octanol–water partition coefficient (Wildman–Crippen LogP) is 3.06. The molecule has 5 heterocycles. The molecule has 8 atom stereocenters. The molecule has 5 aliphatic heterocycles. The van der Waals surface area contributed by atoms with E-state index >= 15 is 0 Å². The van der Waals surface area contributed by atoms with Gasteiger partial charge in [0.05, 0.1) is 17.6 Å². The Hall–Kier alpha value is -0.210. The molecule has 154 valence electrons. The molecule has 0 unspecified atom stereocenters. The zero-order valence-corrected chi connectivity index (χ0v) is 17.4. The fourth-order valence-electron chi connectivity index (χ4n) is 6.71. The zero-order chi connectivity index (χ0) is 19.0. The average Bonchev–Trinajstić information content (AvgIpc) is 2.85. The van der Waals surface area contributed by atoms with E-state index in [0.29, 0.717) is 36.5 Å². The van der Waals surface area contributed by atoms with Gasteiger partial charge in [-0.15, -0.1) is 0 Å². The normalized spacial score (nSPS) is 54.9. The molecule has 7 heteroatoms. The van der Waals surface area contributed by atoms with E-state index < -0.39 is 27.5 Å². The Morgan fingerprint density at radius 3 is 2.41 bits per heavy atom. The maximum absolute atomic E-state index is 11.9. The number of sulfone groups is 1. The van der Waals surface area contributed by atoms with Crippen molar-refractivity contribution in [2.24, 2.45) is 29.6 Å². The second-order valence-corrected chi connectivity index (χ2v) is 12.2. The predicted molar refractivity (Wildman–Crippen MR) is 98.2 cm³/mol. The van der Waals surface area contributed by atoms with Gasteiger partial charge in [0.25, 0.3) is 0 Å². The van der Waals surface area contributed by atoms with Crippen molar-refractivity contribution in [1.29, 1.82) is 0 Å². The van der Waals surface area contributed by atoms with E-state index in [9.17, 15) is 8.42 Å². The van der Waals surface area contributed by atoms with Gasteiger partial charge in [-0.3, -0.25) is 0 Å². The highest BCUT2D eigenvalue weighted by atomic mass is 32.2. The van der Waals surface area contributed by atoms with Gasteiger partial charge in [0, 0.05) is 12.3 Å². The quantitative estimate of drug-likeness (QED) is 0.630. The van der Waals surface area contributed by atoms with Crippen molar-refractivity contribution >= 4 is 9.84 Å². The number of rotatable bonds is 1. The van der Waals surface area contributed by atoms with Crippen LogP contribution < -0.4 is 0 Å². The lowest BCUT2D eigenvalue weighted by Gasteiger charge is -2.61. The lowest BCUT2D eigenvalue weighted by Crippen LogP contribution is -2.71. The number of fused-ring (bicyclic) bond motifs is 2. The average molecular weight is 401 g/mol. The molecular weight excluding hydrogens is 368 g/mol. The van der Waals surface area contributed by atoms with Gasteiger partial charge in [-0.05, 0) is 62.7 Å². The van der Waals surface area contributed by atoms with Crippen LogP contribution >= 0.6 is 0 Å². The molecule has 6 nitrogen and oxygen atoms in total. The Kier molecular flexibility index (Phi) is 4.28. The lowest BCUT2D eigenvalue weighted by atomic mass is 9.56. The molecule has 0 aromatic heterocycles. The molecule has 0 aromatic rings. The molecule has 1 saturated carbocycles. The largest absolute Gasteiger partial charge is 0.346 e. The van der Waals surface area contributed by atoms with Crippen molar-refractivity contribution < 1.29 is 27.7 Å². The molecule has 6 fully saturated rings. The Morgan fingerprint density at radius 1 is 0.926 bits per heavy atom. The summed E-state index contributed by atoms with van der Waals surface area (Å²) in [5.74, 6) is 1.64. The van der Waals surface area contributed by atoms with Crippen LogP contribution in [-0.2, 0) is 29.1 Å². The molecule has 1 spiro atoms. The van der Waals surface area contributed by atoms with E-state index in [-0.39, 0.29) is 23.5 Å². The second kappa shape index (κ2) is 6.14. The minimum Gasteiger partial charge on any atom is -0.346 e. The third-order valence-electron chi connectivity index (χ3n) is 8.27. The molecule has 2 bridgehead atoms. The second-order valence-electron chi connectivity index (χ2n) is 9.86. The summed E-state index contributed by atoms with van der Waals surface area (Å²) in [6.45, 7) is 6.53. The first-order valence-corrected chi connectivity index (χ1v) is 12.5. The first-order valence-electron chi connectivity index (χ1n) is 10.6. The molecule has 0 N–H and O–H groups in total. The highest BCUT2D eigenvalue weighted by molar-refractivity contribution is 7.91. The van der Waals surface area contributed by atoms with E-state index in [1.165, 1.54) is 6.42 Å². The molecule has 0 radical (unpaired) electrons. The molecule has 1 aliphatic carbocycles. The van der Waals surface area contributed by atoms with Crippen molar-refractivity contribution in [3.8, 4) is 0 Å². The number of ether oxygens (including phenoxy) is 2. The summed E-state index contributed by atoms with van der Waals surface area (Å²) in [4.78, 5) is 12.0. The number of hydrogen-bond donors (Lipinski definition) is 0. The summed E-state index contributed by atoms with van der Waals surface area (Å²) < 4.78 is 36.8. The Labute approximate surface area is 162 Å². The van der Waals surface area contributed by atoms with Crippen LogP contribution in [0.2, 0.25) is 0 Å². The summed E-state index contributed by atoms with van der Waals surface area (Å²) in [7, 11) is -2.88. The van der Waals surface area contributed by atoms with Crippen LogP contribution in [-0.4, -0.2) is 43.7 Å². The molecule has 27 heavy (non-hydrogen) atoms. The highest BCUT2D eigenvalue weighted by Crippen LogP contribution is 2.61. The van der Waals surface area contributed by atoms with Crippen molar-refractivity contribution in [3.63, 3.8) is 0 Å². The first-order chi connectivity index (χ1) is 12.7. The van der Waals surface area contributed by atoms with Gasteiger partial charge < -0.3 is 9.47 Å². The zero-order valence-electron chi connectivity index (χ0n) is 16.6. The van der Waals surface area contributed by atoms with E-state index in [1.807, 2.05) is 6.92 Å². The molecule has 0 amide bonds. The third-order valence-corrected chi connectivity index (χ3v) is 9.99. The van der Waals surface area contributed by atoms with E-state index in [4.69, 9.17) is 19.2 Å². The fourth-order valence-corrected chi connectivity index (χ4v) is 8.24. The Morgan fingerprint density at radius 2 is 1.67 bits per heavy atom. The van der Waals surface area contributed by atoms with Gasteiger partial charge in [-0.25, -0.2) is 18.2 Å². The van der Waals surface area contributed by atoms with Crippen LogP contribution in [0.1, 0.15) is 59.3 Å². The van der Waals surface area contributed by atoms with Crippen LogP contribution in [0.5, 0.6) is 0 Å². The topological polar surface area (TPSA) is 71.1 Å². The van der Waals surface area contributed by atoms with Crippen molar-refractivity contribution in [3.05, 3.63) is 0 Å². The first kappa shape index (κ1) is 18.8. The monoisotopic (exact) mass is 400 g/mol. The third kappa shape index (κ3) is 2.75. The van der Waals surface area contributed by atoms with Crippen LogP contribution in [0.25, 0.3) is 0 Å². The fraction of sp³-hybridized carbons (Fsp3) is 1.00. The van der Waals surface area contributed by atoms with Gasteiger partial charge in [-0.2, -0.15) is 0 Å². The molecular formula is C20H32O6S. The van der Waals surface area contributed by atoms with Gasteiger partial charge in [0.1, 0.15) is 9.84 Å². The van der Waals surface area contributed by atoms with Gasteiger partial charge in [0.2, 0.25) is 5.79 Å². The molecule has 5 saturated heterocycles. The van der Waals surface area contributed by atoms with Crippen LogP contribution in [0.3, 0.4) is 0 Å². The number of hydrogen-bond acceptors (Lipinski definition) is 6. The van der Waals surface area contributed by atoms with E-state index in [2.05, 4.69) is 13.8 Å². The van der Waals surface area contributed by atoms with Crippen molar-refractivity contribution in [1.82, 2.24) is 0 Å². The molecule has 6 aliphatic rings. The smallest absolute Gasteiger partial charge is 0.201 e. The Balaban J connectivity index is 1.48. The van der Waals surface area contributed by atoms with Crippen LogP contribution in [0, 0.1) is 29.6 Å². The van der Waals surface area contributed by atoms with E-state index in [1.54, 1.807) is 0 Å². The Bertz CT molecular complexity index is 695. The van der Waals surface area contributed by atoms with Gasteiger partial charge in [0.15, 0.2) is 11.9 Å². The summed E-state index contributed by atoms with van der Waals surface area (Å²) >= 11 is 0. The van der Waals surface area contributed by atoms with Crippen molar-refractivity contribution in [2.45, 2.75) is 83.1 Å². The minimum atomic E-state index is -2.88. The minimum absolute atomic E-state index is 0.0294. The summed E-state index contributed by atoms with van der Waals surface area (Å²) in [5.41, 5.74) is -0.523. The van der Waals surface area contributed by atoms with Gasteiger partial charge in [-0.1, -0.05) is 13.8 Å². The maximum atomic E-state index is 11.9. The van der Waals surface area contributed by atoms with Gasteiger partial charge >= 0.3 is 0 Å². The highest BCUT2D eigenvalue weighted by Gasteiger charge is 2.69. The summed E-state index contributed by atoms with van der Waals surface area (Å²) in [5, 5.41) is 0. The van der Waals surface area contributed by atoms with Crippen LogP contribution in [0.15, 0.2) is 0 Å².